The average molecular weight is 281 g/mol. The van der Waals surface area contributed by atoms with E-state index >= 15 is 0 Å². The molecule has 0 saturated carbocycles. The first-order valence-corrected chi connectivity index (χ1v) is 7.72. The number of hydrogen-bond acceptors (Lipinski definition) is 2. The average Bonchev–Trinajstić information content (AvgIpc) is 2.51. The molecular weight excluding hydrogens is 258 g/mol. The lowest BCUT2D eigenvalue weighted by molar-refractivity contribution is -0.0277. The van der Waals surface area contributed by atoms with Crippen LogP contribution in [-0.4, -0.2) is 23.1 Å². The van der Waals surface area contributed by atoms with Crippen molar-refractivity contribution in [3.05, 3.63) is 71.3 Å². The van der Waals surface area contributed by atoms with Crippen molar-refractivity contribution in [3.63, 3.8) is 0 Å². The van der Waals surface area contributed by atoms with Crippen molar-refractivity contribution in [1.29, 1.82) is 0 Å². The zero-order valence-corrected chi connectivity index (χ0v) is 12.6. The highest BCUT2D eigenvalue weighted by Crippen LogP contribution is 2.33. The van der Waals surface area contributed by atoms with Crippen molar-refractivity contribution in [2.24, 2.45) is 0 Å². The van der Waals surface area contributed by atoms with E-state index in [1.54, 1.807) is 0 Å². The lowest BCUT2D eigenvalue weighted by Gasteiger charge is -2.38. The van der Waals surface area contributed by atoms with E-state index in [0.717, 1.165) is 38.0 Å². The minimum absolute atomic E-state index is 0.654. The van der Waals surface area contributed by atoms with Crippen molar-refractivity contribution in [1.82, 2.24) is 4.90 Å². The predicted octanol–water partition coefficient (Wildman–Crippen LogP) is 3.48. The standard InChI is InChI=1S/C19H23NO/c1-16-6-5-9-18(14-16)19(21)10-12-20(13-11-19)15-17-7-3-2-4-8-17/h2-9,14,21H,10-13,15H2,1H3. The van der Waals surface area contributed by atoms with E-state index in [0.29, 0.717) is 0 Å². The summed E-state index contributed by atoms with van der Waals surface area (Å²) in [5.74, 6) is 0. The van der Waals surface area contributed by atoms with Gasteiger partial charge in [0.25, 0.3) is 0 Å². The zero-order valence-electron chi connectivity index (χ0n) is 12.6. The van der Waals surface area contributed by atoms with Gasteiger partial charge in [-0.1, -0.05) is 60.2 Å². The minimum atomic E-state index is -0.654. The maximum Gasteiger partial charge on any atom is 0.0921 e. The van der Waals surface area contributed by atoms with Gasteiger partial charge in [0.2, 0.25) is 0 Å². The Morgan fingerprint density at radius 2 is 1.71 bits per heavy atom. The van der Waals surface area contributed by atoms with Crippen LogP contribution in [0.3, 0.4) is 0 Å². The number of nitrogens with zero attached hydrogens (tertiary/aromatic N) is 1. The fourth-order valence-electron chi connectivity index (χ4n) is 3.15. The lowest BCUT2D eigenvalue weighted by atomic mass is 9.84. The van der Waals surface area contributed by atoms with E-state index in [4.69, 9.17) is 0 Å². The van der Waals surface area contributed by atoms with Gasteiger partial charge in [-0.25, -0.2) is 0 Å². The van der Waals surface area contributed by atoms with E-state index in [2.05, 4.69) is 60.4 Å². The number of hydrogen-bond donors (Lipinski definition) is 1. The Labute approximate surface area is 127 Å². The Morgan fingerprint density at radius 3 is 2.38 bits per heavy atom. The minimum Gasteiger partial charge on any atom is -0.385 e. The van der Waals surface area contributed by atoms with Gasteiger partial charge in [0.15, 0.2) is 0 Å². The molecule has 0 atom stereocenters. The molecule has 0 bridgehead atoms. The first kappa shape index (κ1) is 14.3. The van der Waals surface area contributed by atoms with Crippen LogP contribution < -0.4 is 0 Å². The van der Waals surface area contributed by atoms with Gasteiger partial charge in [-0.15, -0.1) is 0 Å². The highest BCUT2D eigenvalue weighted by Gasteiger charge is 2.33. The van der Waals surface area contributed by atoms with Crippen molar-refractivity contribution in [2.75, 3.05) is 13.1 Å². The summed E-state index contributed by atoms with van der Waals surface area (Å²) < 4.78 is 0. The number of rotatable bonds is 3. The molecule has 3 rings (SSSR count). The third-order valence-corrected chi connectivity index (χ3v) is 4.49. The fraction of sp³-hybridized carbons (Fsp3) is 0.368. The first-order valence-electron chi connectivity index (χ1n) is 7.72. The van der Waals surface area contributed by atoms with E-state index in [1.165, 1.54) is 11.1 Å². The maximum atomic E-state index is 10.9. The molecule has 2 nitrogen and oxygen atoms in total. The van der Waals surface area contributed by atoms with Crippen LogP contribution in [0, 0.1) is 6.92 Å². The van der Waals surface area contributed by atoms with E-state index in [-0.39, 0.29) is 0 Å². The van der Waals surface area contributed by atoms with Gasteiger partial charge >= 0.3 is 0 Å². The summed E-state index contributed by atoms with van der Waals surface area (Å²) in [4.78, 5) is 2.43. The van der Waals surface area contributed by atoms with Crippen LogP contribution in [0.5, 0.6) is 0 Å². The van der Waals surface area contributed by atoms with Crippen LogP contribution in [0.2, 0.25) is 0 Å². The SMILES string of the molecule is Cc1cccc(C2(O)CCN(Cc3ccccc3)CC2)c1. The second-order valence-corrected chi connectivity index (χ2v) is 6.16. The van der Waals surface area contributed by atoms with Gasteiger partial charge in [0.1, 0.15) is 0 Å². The second-order valence-electron chi connectivity index (χ2n) is 6.16. The Bertz CT molecular complexity index is 586. The van der Waals surface area contributed by atoms with Crippen LogP contribution in [0.15, 0.2) is 54.6 Å². The molecule has 1 saturated heterocycles. The van der Waals surface area contributed by atoms with Crippen LogP contribution in [-0.2, 0) is 12.1 Å². The molecule has 21 heavy (non-hydrogen) atoms. The Kier molecular flexibility index (Phi) is 4.09. The van der Waals surface area contributed by atoms with Gasteiger partial charge in [-0.05, 0) is 30.9 Å². The van der Waals surface area contributed by atoms with E-state index < -0.39 is 5.60 Å². The van der Waals surface area contributed by atoms with Gasteiger partial charge in [-0.2, -0.15) is 0 Å². The molecule has 0 unspecified atom stereocenters. The molecule has 1 fully saturated rings. The quantitative estimate of drug-likeness (QED) is 0.931. The molecule has 0 aromatic heterocycles. The van der Waals surface area contributed by atoms with Crippen LogP contribution >= 0.6 is 0 Å². The molecular formula is C19H23NO. The zero-order chi connectivity index (χ0) is 14.7. The molecule has 0 amide bonds. The third-order valence-electron chi connectivity index (χ3n) is 4.49. The summed E-state index contributed by atoms with van der Waals surface area (Å²) in [6, 6.07) is 18.9. The fourth-order valence-corrected chi connectivity index (χ4v) is 3.15. The molecule has 2 heteroatoms. The van der Waals surface area contributed by atoms with E-state index in [9.17, 15) is 5.11 Å². The smallest absolute Gasteiger partial charge is 0.0921 e. The van der Waals surface area contributed by atoms with Gasteiger partial charge in [-0.3, -0.25) is 4.90 Å². The molecule has 1 heterocycles. The first-order chi connectivity index (χ1) is 10.2. The molecule has 0 spiro atoms. The molecule has 0 aliphatic carbocycles. The van der Waals surface area contributed by atoms with Gasteiger partial charge < -0.3 is 5.11 Å². The summed E-state index contributed by atoms with van der Waals surface area (Å²) in [6.45, 7) is 4.95. The van der Waals surface area contributed by atoms with Crippen molar-refractivity contribution in [2.45, 2.75) is 31.9 Å². The second kappa shape index (κ2) is 6.00. The van der Waals surface area contributed by atoms with Crippen LogP contribution in [0.1, 0.15) is 29.5 Å². The molecule has 0 radical (unpaired) electrons. The number of benzene rings is 2. The number of aliphatic hydroxyl groups is 1. The molecule has 2 aromatic carbocycles. The summed E-state index contributed by atoms with van der Waals surface area (Å²) in [5, 5.41) is 10.9. The molecule has 1 N–H and O–H groups in total. The van der Waals surface area contributed by atoms with Crippen LogP contribution in [0.25, 0.3) is 0 Å². The van der Waals surface area contributed by atoms with Gasteiger partial charge in [0.05, 0.1) is 5.60 Å². The molecule has 110 valence electrons. The van der Waals surface area contributed by atoms with E-state index in [1.807, 2.05) is 6.07 Å². The maximum absolute atomic E-state index is 10.9. The van der Waals surface area contributed by atoms with Gasteiger partial charge in [0, 0.05) is 19.6 Å². The topological polar surface area (TPSA) is 23.5 Å². The normalized spacial score (nSPS) is 18.6. The summed E-state index contributed by atoms with van der Waals surface area (Å²) in [6.07, 6.45) is 1.62. The van der Waals surface area contributed by atoms with Crippen molar-refractivity contribution in [3.8, 4) is 0 Å². The highest BCUT2D eigenvalue weighted by molar-refractivity contribution is 5.28. The molecule has 1 aliphatic heterocycles. The predicted molar refractivity (Wildman–Crippen MR) is 86.0 cm³/mol. The number of piperidine rings is 1. The molecule has 1 aliphatic rings. The summed E-state index contributed by atoms with van der Waals surface area (Å²) in [7, 11) is 0. The highest BCUT2D eigenvalue weighted by atomic mass is 16.3. The van der Waals surface area contributed by atoms with Crippen molar-refractivity contribution < 1.29 is 5.11 Å². The number of aryl methyl sites for hydroxylation is 1. The Balaban J connectivity index is 1.64. The van der Waals surface area contributed by atoms with Crippen molar-refractivity contribution >= 4 is 0 Å². The third kappa shape index (κ3) is 3.34. The lowest BCUT2D eigenvalue weighted by Crippen LogP contribution is -2.42. The van der Waals surface area contributed by atoms with Crippen LogP contribution in [0.4, 0.5) is 0 Å². The number of likely N-dealkylation sites (tertiary alicyclic amines) is 1. The summed E-state index contributed by atoms with van der Waals surface area (Å²) >= 11 is 0. The Hall–Kier alpha value is -1.64. The Morgan fingerprint density at radius 1 is 1.00 bits per heavy atom. The molecule has 2 aromatic rings. The largest absolute Gasteiger partial charge is 0.385 e. The monoisotopic (exact) mass is 281 g/mol. The summed E-state index contributed by atoms with van der Waals surface area (Å²) in [5.41, 5.74) is 2.98.